The van der Waals surface area contributed by atoms with Gasteiger partial charge in [0, 0.05) is 37.2 Å². The van der Waals surface area contributed by atoms with Crippen LogP contribution in [0.2, 0.25) is 0 Å². The molecular weight excluding hydrogens is 364 g/mol. The van der Waals surface area contributed by atoms with Crippen LogP contribution in [0.15, 0.2) is 54.6 Å². The van der Waals surface area contributed by atoms with E-state index >= 15 is 0 Å². The first-order valence-corrected chi connectivity index (χ1v) is 10.1. The van der Waals surface area contributed by atoms with E-state index in [0.29, 0.717) is 11.1 Å². The van der Waals surface area contributed by atoms with E-state index in [1.54, 1.807) is 13.1 Å². The van der Waals surface area contributed by atoms with Crippen molar-refractivity contribution in [2.45, 2.75) is 25.4 Å². The lowest BCUT2D eigenvalue weighted by Gasteiger charge is -2.27. The van der Waals surface area contributed by atoms with Gasteiger partial charge in [-0.05, 0) is 30.5 Å². The summed E-state index contributed by atoms with van der Waals surface area (Å²) in [6.45, 7) is 3.42. The number of hydrogen-bond donors (Lipinski definition) is 1. The Bertz CT molecular complexity index is 978. The average Bonchev–Trinajstić information content (AvgIpc) is 3.36. The number of nitrogens with zero attached hydrogens (tertiary/aromatic N) is 2. The minimum atomic E-state index is -1.62. The Kier molecular flexibility index (Phi) is 5.01. The second kappa shape index (κ2) is 7.48. The van der Waals surface area contributed by atoms with Gasteiger partial charge in [0.25, 0.3) is 11.8 Å². The lowest BCUT2D eigenvalue weighted by atomic mass is 9.82. The molecule has 2 aliphatic heterocycles. The van der Waals surface area contributed by atoms with Crippen LogP contribution in [0.1, 0.15) is 41.3 Å². The van der Waals surface area contributed by atoms with Crippen molar-refractivity contribution in [1.29, 1.82) is 0 Å². The highest BCUT2D eigenvalue weighted by molar-refractivity contribution is 6.07. The molecule has 29 heavy (non-hydrogen) atoms. The molecule has 4 rings (SSSR count). The summed E-state index contributed by atoms with van der Waals surface area (Å²) in [6.07, 6.45) is 5.76. The Morgan fingerprint density at radius 1 is 1.10 bits per heavy atom. The van der Waals surface area contributed by atoms with Crippen molar-refractivity contribution in [2.75, 3.05) is 25.0 Å². The molecule has 150 valence electrons. The van der Waals surface area contributed by atoms with Crippen molar-refractivity contribution in [1.82, 2.24) is 4.90 Å². The summed E-state index contributed by atoms with van der Waals surface area (Å²) in [5.74, 6) is -0.760. The summed E-state index contributed by atoms with van der Waals surface area (Å²) in [5.41, 5.74) is 1.18. The van der Waals surface area contributed by atoms with E-state index in [1.165, 1.54) is 4.90 Å². The van der Waals surface area contributed by atoms with Crippen LogP contribution in [0.25, 0.3) is 6.08 Å². The highest BCUT2D eigenvalue weighted by Gasteiger charge is 2.51. The molecule has 0 bridgehead atoms. The van der Waals surface area contributed by atoms with Crippen LogP contribution in [-0.2, 0) is 10.4 Å². The third kappa shape index (κ3) is 3.15. The van der Waals surface area contributed by atoms with E-state index in [-0.39, 0.29) is 11.8 Å². The molecule has 2 atom stereocenters. The van der Waals surface area contributed by atoms with Gasteiger partial charge in [-0.3, -0.25) is 9.59 Å². The van der Waals surface area contributed by atoms with E-state index in [4.69, 9.17) is 0 Å². The van der Waals surface area contributed by atoms with Gasteiger partial charge >= 0.3 is 0 Å². The molecular formula is C24H26N2O3. The van der Waals surface area contributed by atoms with Crippen LogP contribution in [0, 0.1) is 5.92 Å². The number of benzene rings is 2. The molecule has 5 nitrogen and oxygen atoms in total. The number of rotatable bonds is 4. The molecule has 0 aromatic heterocycles. The first-order valence-electron chi connectivity index (χ1n) is 10.1. The van der Waals surface area contributed by atoms with Gasteiger partial charge in [-0.25, -0.2) is 0 Å². The topological polar surface area (TPSA) is 60.9 Å². The Morgan fingerprint density at radius 2 is 1.76 bits per heavy atom. The van der Waals surface area contributed by atoms with Gasteiger partial charge in [-0.15, -0.1) is 0 Å². The van der Waals surface area contributed by atoms with Gasteiger partial charge in [0.15, 0.2) is 5.60 Å². The van der Waals surface area contributed by atoms with Gasteiger partial charge in [0.1, 0.15) is 0 Å². The Labute approximate surface area is 171 Å². The van der Waals surface area contributed by atoms with Gasteiger partial charge in [-0.1, -0.05) is 55.5 Å². The van der Waals surface area contributed by atoms with Crippen molar-refractivity contribution >= 4 is 23.6 Å². The van der Waals surface area contributed by atoms with Gasteiger partial charge in [0.2, 0.25) is 0 Å². The summed E-state index contributed by atoms with van der Waals surface area (Å²) in [5, 5.41) is 11.4. The Morgan fingerprint density at radius 3 is 2.52 bits per heavy atom. The molecule has 0 spiro atoms. The minimum absolute atomic E-state index is 0.0381. The molecule has 0 saturated carbocycles. The predicted octanol–water partition coefficient (Wildman–Crippen LogP) is 3.44. The van der Waals surface area contributed by atoms with Crippen LogP contribution < -0.4 is 4.90 Å². The molecule has 1 N–H and O–H groups in total. The summed E-state index contributed by atoms with van der Waals surface area (Å²) in [7, 11) is 1.68. The number of likely N-dealkylation sites (N-methyl/N-ethyl adjacent to an activating group) is 1. The number of hydrogen-bond acceptors (Lipinski definition) is 3. The third-order valence-corrected chi connectivity index (χ3v) is 6.11. The number of carbonyl (C=O) groups is 2. The van der Waals surface area contributed by atoms with Crippen LogP contribution >= 0.6 is 0 Å². The molecule has 2 amide bonds. The van der Waals surface area contributed by atoms with Crippen molar-refractivity contribution in [3.8, 4) is 0 Å². The second-order valence-electron chi connectivity index (χ2n) is 7.88. The largest absolute Gasteiger partial charge is 0.375 e. The van der Waals surface area contributed by atoms with Crippen LogP contribution in [0.5, 0.6) is 0 Å². The molecule has 2 aliphatic rings. The maximum Gasteiger partial charge on any atom is 0.264 e. The lowest BCUT2D eigenvalue weighted by Crippen LogP contribution is -2.43. The number of aliphatic hydroxyl groups is 1. The maximum atomic E-state index is 12.9. The summed E-state index contributed by atoms with van der Waals surface area (Å²) >= 11 is 0. The van der Waals surface area contributed by atoms with Crippen molar-refractivity contribution in [3.05, 3.63) is 71.3 Å². The number of anilines is 1. The van der Waals surface area contributed by atoms with Crippen molar-refractivity contribution in [2.24, 2.45) is 5.92 Å². The van der Waals surface area contributed by atoms with Crippen molar-refractivity contribution in [3.63, 3.8) is 0 Å². The SMILES string of the molecule is C[C@H](/C=C/c1ccccc1C(=O)N1CCCC1)[C@@]1(O)C(=O)N(C)c2ccccc21. The smallest absolute Gasteiger partial charge is 0.264 e. The number of para-hydroxylation sites is 1. The van der Waals surface area contributed by atoms with Crippen LogP contribution in [-0.4, -0.2) is 42.0 Å². The maximum absolute atomic E-state index is 12.9. The van der Waals surface area contributed by atoms with Crippen LogP contribution in [0.4, 0.5) is 5.69 Å². The minimum Gasteiger partial charge on any atom is -0.375 e. The van der Waals surface area contributed by atoms with Crippen molar-refractivity contribution < 1.29 is 14.7 Å². The predicted molar refractivity (Wildman–Crippen MR) is 114 cm³/mol. The van der Waals surface area contributed by atoms with Gasteiger partial charge in [-0.2, -0.15) is 0 Å². The summed E-state index contributed by atoms with van der Waals surface area (Å²) in [4.78, 5) is 29.1. The number of likely N-dealkylation sites (tertiary alicyclic amines) is 1. The molecule has 2 aromatic carbocycles. The van der Waals surface area contributed by atoms with E-state index in [1.807, 2.05) is 66.4 Å². The Hall–Kier alpha value is -2.92. The van der Waals surface area contributed by atoms with E-state index in [9.17, 15) is 14.7 Å². The zero-order valence-corrected chi connectivity index (χ0v) is 16.8. The molecule has 0 radical (unpaired) electrons. The third-order valence-electron chi connectivity index (χ3n) is 6.11. The monoisotopic (exact) mass is 390 g/mol. The lowest BCUT2D eigenvalue weighted by molar-refractivity contribution is -0.139. The first kappa shape index (κ1) is 19.4. The fraction of sp³-hybridized carbons (Fsp3) is 0.333. The average molecular weight is 390 g/mol. The number of carbonyl (C=O) groups excluding carboxylic acids is 2. The molecule has 1 saturated heterocycles. The number of fused-ring (bicyclic) bond motifs is 1. The first-order chi connectivity index (χ1) is 13.9. The number of amides is 2. The summed E-state index contributed by atoms with van der Waals surface area (Å²) in [6, 6.07) is 14.8. The molecule has 0 unspecified atom stereocenters. The summed E-state index contributed by atoms with van der Waals surface area (Å²) < 4.78 is 0. The quantitative estimate of drug-likeness (QED) is 0.870. The van der Waals surface area contributed by atoms with E-state index < -0.39 is 11.5 Å². The van der Waals surface area contributed by atoms with E-state index in [0.717, 1.165) is 37.2 Å². The molecule has 1 fully saturated rings. The fourth-order valence-corrected chi connectivity index (χ4v) is 4.32. The highest BCUT2D eigenvalue weighted by atomic mass is 16.3. The Balaban J connectivity index is 1.64. The molecule has 0 aliphatic carbocycles. The normalized spacial score (nSPS) is 22.4. The zero-order valence-electron chi connectivity index (χ0n) is 16.8. The van der Waals surface area contributed by atoms with Gasteiger partial charge < -0.3 is 14.9 Å². The second-order valence-corrected chi connectivity index (χ2v) is 7.88. The van der Waals surface area contributed by atoms with E-state index in [2.05, 4.69) is 0 Å². The molecule has 5 heteroatoms. The fourth-order valence-electron chi connectivity index (χ4n) is 4.32. The zero-order chi connectivity index (χ0) is 20.6. The van der Waals surface area contributed by atoms with Crippen LogP contribution in [0.3, 0.4) is 0 Å². The molecule has 2 heterocycles. The molecule has 2 aromatic rings. The highest BCUT2D eigenvalue weighted by Crippen LogP contribution is 2.44. The van der Waals surface area contributed by atoms with Gasteiger partial charge in [0.05, 0.1) is 5.69 Å². The standard InChI is InChI=1S/C24H26N2O3/c1-17(24(29)20-11-5-6-12-21(20)25(2)23(24)28)13-14-18-9-3-4-10-19(18)22(27)26-15-7-8-16-26/h3-6,9-14,17,29H,7-8,15-16H2,1-2H3/b14-13+/t17-,24+/m1/s1.